The first-order valence-corrected chi connectivity index (χ1v) is 5.50. The molecule has 0 spiro atoms. The van der Waals surface area contributed by atoms with Gasteiger partial charge in [-0.2, -0.15) is 0 Å². The molecular weight excluding hydrogens is 250 g/mol. The molecule has 0 atom stereocenters. The van der Waals surface area contributed by atoms with Crippen LogP contribution in [-0.2, 0) is 14.3 Å². The molecule has 1 aromatic rings. The normalized spacial score (nSPS) is 9.68. The Morgan fingerprint density at radius 1 is 1.00 bits per heavy atom. The fourth-order valence-electron chi connectivity index (χ4n) is 1.68. The van der Waals surface area contributed by atoms with Gasteiger partial charge in [-0.3, -0.25) is 4.79 Å². The number of hydrogen-bond acceptors (Lipinski definition) is 5. The molecule has 0 unspecified atom stereocenters. The highest BCUT2D eigenvalue weighted by Crippen LogP contribution is 2.25. The van der Waals surface area contributed by atoms with Gasteiger partial charge in [0.2, 0.25) is 5.91 Å². The minimum absolute atomic E-state index is 0.00968. The Balaban J connectivity index is 3.54. The molecule has 1 aromatic carbocycles. The van der Waals surface area contributed by atoms with E-state index >= 15 is 0 Å². The zero-order valence-electron chi connectivity index (χ0n) is 11.2. The standard InChI is InChI=1S/C13H15NO5/c1-7-5-6-9(14-8(2)15)11(13(17)19-4)10(7)12(16)18-3/h5-6H,1-4H3,(H,14,15). The Kier molecular flexibility index (Phi) is 4.63. The second-order valence-electron chi connectivity index (χ2n) is 3.84. The number of benzene rings is 1. The van der Waals surface area contributed by atoms with Crippen LogP contribution >= 0.6 is 0 Å². The van der Waals surface area contributed by atoms with Crippen molar-refractivity contribution in [2.75, 3.05) is 19.5 Å². The average Bonchev–Trinajstić information content (AvgIpc) is 2.38. The number of nitrogens with one attached hydrogen (secondary N) is 1. The van der Waals surface area contributed by atoms with Crippen molar-refractivity contribution in [2.24, 2.45) is 0 Å². The van der Waals surface area contributed by atoms with Crippen LogP contribution in [0.3, 0.4) is 0 Å². The van der Waals surface area contributed by atoms with Gasteiger partial charge in [0.05, 0.1) is 31.0 Å². The Labute approximate surface area is 110 Å². The maximum Gasteiger partial charge on any atom is 0.340 e. The van der Waals surface area contributed by atoms with Gasteiger partial charge in [-0.05, 0) is 18.6 Å². The van der Waals surface area contributed by atoms with Crippen LogP contribution in [0.1, 0.15) is 33.2 Å². The first-order valence-electron chi connectivity index (χ1n) is 5.50. The maximum atomic E-state index is 11.8. The van der Waals surface area contributed by atoms with Gasteiger partial charge in [0, 0.05) is 6.92 Å². The molecule has 0 aliphatic carbocycles. The van der Waals surface area contributed by atoms with Crippen molar-refractivity contribution < 1.29 is 23.9 Å². The van der Waals surface area contributed by atoms with Gasteiger partial charge in [-0.25, -0.2) is 9.59 Å². The minimum atomic E-state index is -0.715. The summed E-state index contributed by atoms with van der Waals surface area (Å²) in [7, 11) is 2.41. The first-order chi connectivity index (χ1) is 8.92. The van der Waals surface area contributed by atoms with Gasteiger partial charge in [0.1, 0.15) is 0 Å². The lowest BCUT2D eigenvalue weighted by atomic mass is 9.99. The molecule has 19 heavy (non-hydrogen) atoms. The van der Waals surface area contributed by atoms with Crippen molar-refractivity contribution in [3.63, 3.8) is 0 Å². The van der Waals surface area contributed by atoms with E-state index in [0.717, 1.165) is 0 Å². The fraction of sp³-hybridized carbons (Fsp3) is 0.308. The van der Waals surface area contributed by atoms with E-state index in [1.165, 1.54) is 27.2 Å². The Morgan fingerprint density at radius 3 is 2.00 bits per heavy atom. The summed E-state index contributed by atoms with van der Waals surface area (Å²) >= 11 is 0. The van der Waals surface area contributed by atoms with Crippen LogP contribution in [0, 0.1) is 6.92 Å². The fourth-order valence-corrected chi connectivity index (χ4v) is 1.68. The molecule has 0 aromatic heterocycles. The lowest BCUT2D eigenvalue weighted by Gasteiger charge is -2.14. The van der Waals surface area contributed by atoms with E-state index in [-0.39, 0.29) is 22.7 Å². The highest BCUT2D eigenvalue weighted by Gasteiger charge is 2.24. The predicted octanol–water partition coefficient (Wildman–Crippen LogP) is 1.53. The van der Waals surface area contributed by atoms with Crippen molar-refractivity contribution in [3.8, 4) is 0 Å². The van der Waals surface area contributed by atoms with E-state index in [1.54, 1.807) is 13.0 Å². The summed E-state index contributed by atoms with van der Waals surface area (Å²) in [6.07, 6.45) is 0. The molecule has 1 N–H and O–H groups in total. The third-order valence-electron chi connectivity index (χ3n) is 2.50. The quantitative estimate of drug-likeness (QED) is 0.838. The molecule has 0 radical (unpaired) electrons. The van der Waals surface area contributed by atoms with Crippen molar-refractivity contribution in [1.82, 2.24) is 0 Å². The summed E-state index contributed by atoms with van der Waals surface area (Å²) in [5.41, 5.74) is 0.844. The van der Waals surface area contributed by atoms with Crippen molar-refractivity contribution in [3.05, 3.63) is 28.8 Å². The highest BCUT2D eigenvalue weighted by atomic mass is 16.5. The lowest BCUT2D eigenvalue weighted by molar-refractivity contribution is -0.114. The predicted molar refractivity (Wildman–Crippen MR) is 68.2 cm³/mol. The SMILES string of the molecule is COC(=O)c1c(C)ccc(NC(C)=O)c1C(=O)OC. The monoisotopic (exact) mass is 265 g/mol. The molecule has 0 saturated carbocycles. The third-order valence-corrected chi connectivity index (χ3v) is 2.50. The minimum Gasteiger partial charge on any atom is -0.465 e. The van der Waals surface area contributed by atoms with Gasteiger partial charge in [-0.15, -0.1) is 0 Å². The van der Waals surface area contributed by atoms with E-state index in [0.29, 0.717) is 5.56 Å². The number of carbonyl (C=O) groups excluding carboxylic acids is 3. The Bertz CT molecular complexity index is 536. The molecule has 6 nitrogen and oxygen atoms in total. The Hall–Kier alpha value is -2.37. The van der Waals surface area contributed by atoms with Crippen LogP contribution in [0.5, 0.6) is 0 Å². The van der Waals surface area contributed by atoms with Crippen molar-refractivity contribution >= 4 is 23.5 Å². The molecule has 6 heteroatoms. The smallest absolute Gasteiger partial charge is 0.340 e. The number of ether oxygens (including phenoxy) is 2. The van der Waals surface area contributed by atoms with Crippen LogP contribution in [0.15, 0.2) is 12.1 Å². The van der Waals surface area contributed by atoms with Crippen LogP contribution in [0.4, 0.5) is 5.69 Å². The zero-order valence-corrected chi connectivity index (χ0v) is 11.2. The maximum absolute atomic E-state index is 11.8. The van der Waals surface area contributed by atoms with Crippen molar-refractivity contribution in [2.45, 2.75) is 13.8 Å². The first kappa shape index (κ1) is 14.7. The second-order valence-corrected chi connectivity index (χ2v) is 3.84. The van der Waals surface area contributed by atoms with Gasteiger partial charge >= 0.3 is 11.9 Å². The highest BCUT2D eigenvalue weighted by molar-refractivity contribution is 6.09. The summed E-state index contributed by atoms with van der Waals surface area (Å²) in [6, 6.07) is 3.15. The summed E-state index contributed by atoms with van der Waals surface area (Å²) < 4.78 is 9.30. The van der Waals surface area contributed by atoms with Gasteiger partial charge in [-0.1, -0.05) is 6.07 Å². The topological polar surface area (TPSA) is 81.7 Å². The molecule has 0 aliphatic rings. The van der Waals surface area contributed by atoms with E-state index < -0.39 is 11.9 Å². The molecule has 0 heterocycles. The number of carbonyl (C=O) groups is 3. The summed E-state index contributed by atoms with van der Waals surface area (Å²) in [5, 5.41) is 2.49. The number of anilines is 1. The van der Waals surface area contributed by atoms with Gasteiger partial charge in [0.25, 0.3) is 0 Å². The molecule has 0 fully saturated rings. The summed E-state index contributed by atoms with van der Waals surface area (Å²) in [6.45, 7) is 2.97. The molecule has 0 aliphatic heterocycles. The van der Waals surface area contributed by atoms with Gasteiger partial charge in [0.15, 0.2) is 0 Å². The third kappa shape index (κ3) is 3.09. The number of methoxy groups -OCH3 is 2. The Morgan fingerprint density at radius 2 is 1.53 bits per heavy atom. The van der Waals surface area contributed by atoms with Gasteiger partial charge < -0.3 is 14.8 Å². The van der Waals surface area contributed by atoms with Crippen LogP contribution in [0.2, 0.25) is 0 Å². The van der Waals surface area contributed by atoms with Crippen LogP contribution in [-0.4, -0.2) is 32.1 Å². The summed E-state index contributed by atoms with van der Waals surface area (Å²) in [5.74, 6) is -1.73. The molecule has 0 saturated heterocycles. The van der Waals surface area contributed by atoms with E-state index in [4.69, 9.17) is 0 Å². The number of hydrogen-bond donors (Lipinski definition) is 1. The van der Waals surface area contributed by atoms with Crippen LogP contribution in [0.25, 0.3) is 0 Å². The molecule has 1 rings (SSSR count). The van der Waals surface area contributed by atoms with E-state index in [2.05, 4.69) is 14.8 Å². The number of rotatable bonds is 3. The number of aryl methyl sites for hydroxylation is 1. The summed E-state index contributed by atoms with van der Waals surface area (Å²) in [4.78, 5) is 34.7. The van der Waals surface area contributed by atoms with E-state index in [1.807, 2.05) is 0 Å². The zero-order chi connectivity index (χ0) is 14.6. The lowest BCUT2D eigenvalue weighted by Crippen LogP contribution is -2.18. The number of esters is 2. The molecule has 102 valence electrons. The molecule has 1 amide bonds. The largest absolute Gasteiger partial charge is 0.465 e. The van der Waals surface area contributed by atoms with Crippen molar-refractivity contribution in [1.29, 1.82) is 0 Å². The second kappa shape index (κ2) is 5.99. The van der Waals surface area contributed by atoms with Crippen LogP contribution < -0.4 is 5.32 Å². The van der Waals surface area contributed by atoms with E-state index in [9.17, 15) is 14.4 Å². The molecular formula is C13H15NO5. The number of amides is 1. The molecule has 0 bridgehead atoms. The average molecular weight is 265 g/mol.